The van der Waals surface area contributed by atoms with E-state index in [-0.39, 0.29) is 5.91 Å². The number of amides is 1. The van der Waals surface area contributed by atoms with Crippen LogP contribution < -0.4 is 0 Å². The lowest BCUT2D eigenvalue weighted by atomic mass is 9.75. The number of hydrogen-bond donors (Lipinski definition) is 1. The molecule has 2 atom stereocenters. The molecule has 5 heteroatoms. The van der Waals surface area contributed by atoms with Crippen molar-refractivity contribution in [3.8, 4) is 11.5 Å². The topological polar surface area (TPSA) is 62.1 Å². The number of furan rings is 1. The monoisotopic (exact) mass is 299 g/mol. The fourth-order valence-corrected chi connectivity index (χ4v) is 3.94. The molecule has 1 amide bonds. The van der Waals surface area contributed by atoms with Crippen molar-refractivity contribution in [3.63, 3.8) is 0 Å². The first-order valence-electron chi connectivity index (χ1n) is 8.20. The summed E-state index contributed by atoms with van der Waals surface area (Å²) in [5.74, 6) is 2.27. The lowest BCUT2D eigenvalue weighted by Crippen LogP contribution is -2.44. The van der Waals surface area contributed by atoms with E-state index in [4.69, 9.17) is 4.42 Å². The summed E-state index contributed by atoms with van der Waals surface area (Å²) in [6.45, 7) is 1.76. The van der Waals surface area contributed by atoms with Crippen LogP contribution in [0.4, 0.5) is 0 Å². The van der Waals surface area contributed by atoms with Gasteiger partial charge in [-0.25, -0.2) is 0 Å². The van der Waals surface area contributed by atoms with Crippen LogP contribution in [0.2, 0.25) is 0 Å². The van der Waals surface area contributed by atoms with Gasteiger partial charge in [-0.2, -0.15) is 5.10 Å². The Labute approximate surface area is 129 Å². The summed E-state index contributed by atoms with van der Waals surface area (Å²) in [7, 11) is 0. The molecule has 2 unspecified atom stereocenters. The molecule has 4 rings (SSSR count). The number of aromatic amines is 1. The molecule has 1 saturated heterocycles. The number of fused-ring (bicyclic) bond motifs is 1. The van der Waals surface area contributed by atoms with Gasteiger partial charge in [0.25, 0.3) is 5.91 Å². The van der Waals surface area contributed by atoms with Crippen LogP contribution in [-0.2, 0) is 0 Å². The minimum atomic E-state index is 0.0399. The van der Waals surface area contributed by atoms with E-state index in [9.17, 15) is 4.79 Å². The van der Waals surface area contributed by atoms with E-state index in [1.54, 1.807) is 12.3 Å². The normalized spacial score (nSPS) is 25.0. The van der Waals surface area contributed by atoms with Crippen LogP contribution in [0, 0.1) is 11.8 Å². The van der Waals surface area contributed by atoms with Crippen molar-refractivity contribution in [1.82, 2.24) is 15.1 Å². The van der Waals surface area contributed by atoms with Crippen molar-refractivity contribution >= 4 is 5.91 Å². The third kappa shape index (κ3) is 2.45. The van der Waals surface area contributed by atoms with Crippen LogP contribution in [0.1, 0.15) is 42.6 Å². The molecule has 2 aliphatic rings. The molecule has 0 spiro atoms. The van der Waals surface area contributed by atoms with E-state index >= 15 is 0 Å². The second kappa shape index (κ2) is 5.63. The smallest absolute Gasteiger partial charge is 0.274 e. The predicted molar refractivity (Wildman–Crippen MR) is 82.3 cm³/mol. The molecule has 1 aliphatic heterocycles. The lowest BCUT2D eigenvalue weighted by molar-refractivity contribution is 0.0515. The Balaban J connectivity index is 1.48. The molecule has 22 heavy (non-hydrogen) atoms. The largest absolute Gasteiger partial charge is 0.463 e. The van der Waals surface area contributed by atoms with Gasteiger partial charge in [0.2, 0.25) is 0 Å². The van der Waals surface area contributed by atoms with Gasteiger partial charge < -0.3 is 9.32 Å². The number of likely N-dealkylation sites (tertiary alicyclic amines) is 1. The molecule has 2 aromatic heterocycles. The third-order valence-corrected chi connectivity index (χ3v) is 5.16. The zero-order chi connectivity index (χ0) is 14.9. The van der Waals surface area contributed by atoms with Gasteiger partial charge >= 0.3 is 0 Å². The van der Waals surface area contributed by atoms with E-state index in [0.29, 0.717) is 17.4 Å². The van der Waals surface area contributed by atoms with Gasteiger partial charge in [0.15, 0.2) is 11.5 Å². The van der Waals surface area contributed by atoms with Crippen molar-refractivity contribution in [2.45, 2.75) is 32.1 Å². The molecule has 1 N–H and O–H groups in total. The van der Waals surface area contributed by atoms with Crippen molar-refractivity contribution in [3.05, 3.63) is 30.2 Å². The Hall–Kier alpha value is -2.04. The molecule has 0 aromatic carbocycles. The minimum Gasteiger partial charge on any atom is -0.463 e. The van der Waals surface area contributed by atoms with E-state index in [1.807, 2.05) is 17.0 Å². The van der Waals surface area contributed by atoms with Crippen molar-refractivity contribution in [2.24, 2.45) is 11.8 Å². The zero-order valence-corrected chi connectivity index (χ0v) is 12.6. The van der Waals surface area contributed by atoms with Crippen molar-refractivity contribution in [1.29, 1.82) is 0 Å². The van der Waals surface area contributed by atoms with Crippen LogP contribution in [0.5, 0.6) is 0 Å². The average molecular weight is 299 g/mol. The highest BCUT2D eigenvalue weighted by Gasteiger charge is 2.33. The fraction of sp³-hybridized carbons (Fsp3) is 0.529. The number of aromatic nitrogens is 2. The van der Waals surface area contributed by atoms with Crippen molar-refractivity contribution in [2.75, 3.05) is 13.1 Å². The molecule has 2 aromatic rings. The summed E-state index contributed by atoms with van der Waals surface area (Å²) in [6.07, 6.45) is 8.05. The van der Waals surface area contributed by atoms with E-state index < -0.39 is 0 Å². The third-order valence-electron chi connectivity index (χ3n) is 5.16. The summed E-state index contributed by atoms with van der Waals surface area (Å²) in [5, 5.41) is 7.07. The van der Waals surface area contributed by atoms with Gasteiger partial charge in [-0.05, 0) is 36.8 Å². The van der Waals surface area contributed by atoms with Gasteiger partial charge in [-0.15, -0.1) is 0 Å². The van der Waals surface area contributed by atoms with Gasteiger partial charge in [-0.1, -0.05) is 19.3 Å². The average Bonchev–Trinajstić information content (AvgIpc) is 3.24. The number of carbonyl (C=O) groups excluding carboxylic acids is 1. The first kappa shape index (κ1) is 13.6. The maximum Gasteiger partial charge on any atom is 0.274 e. The molecular weight excluding hydrogens is 278 g/mol. The van der Waals surface area contributed by atoms with Crippen LogP contribution >= 0.6 is 0 Å². The molecule has 1 saturated carbocycles. The zero-order valence-electron chi connectivity index (χ0n) is 12.6. The summed E-state index contributed by atoms with van der Waals surface area (Å²) in [6, 6.07) is 5.47. The number of hydrogen-bond acceptors (Lipinski definition) is 3. The minimum absolute atomic E-state index is 0.0399. The SMILES string of the molecule is O=C(c1cc(-c2ccco2)[nH]n1)N1CCC2CCCCC2C1. The fourth-order valence-electron chi connectivity index (χ4n) is 3.94. The second-order valence-electron chi connectivity index (χ2n) is 6.49. The lowest BCUT2D eigenvalue weighted by Gasteiger charge is -2.41. The second-order valence-corrected chi connectivity index (χ2v) is 6.49. The quantitative estimate of drug-likeness (QED) is 0.925. The molecule has 0 bridgehead atoms. The van der Waals surface area contributed by atoms with Crippen LogP contribution in [0.3, 0.4) is 0 Å². The Bertz CT molecular complexity index is 647. The Morgan fingerprint density at radius 2 is 2.14 bits per heavy atom. The maximum absolute atomic E-state index is 12.7. The first-order valence-corrected chi connectivity index (χ1v) is 8.20. The maximum atomic E-state index is 12.7. The van der Waals surface area contributed by atoms with Gasteiger partial charge in [-0.3, -0.25) is 9.89 Å². The Kier molecular flexibility index (Phi) is 3.48. The van der Waals surface area contributed by atoms with Gasteiger partial charge in [0, 0.05) is 19.2 Å². The van der Waals surface area contributed by atoms with Crippen LogP contribution in [-0.4, -0.2) is 34.1 Å². The molecule has 0 radical (unpaired) electrons. The number of carbonyl (C=O) groups is 1. The molecular formula is C17H21N3O2. The van der Waals surface area contributed by atoms with Gasteiger partial charge in [0.1, 0.15) is 5.69 Å². The van der Waals surface area contributed by atoms with Crippen LogP contribution in [0.25, 0.3) is 11.5 Å². The summed E-state index contributed by atoms with van der Waals surface area (Å²) >= 11 is 0. The summed E-state index contributed by atoms with van der Waals surface area (Å²) in [4.78, 5) is 14.7. The number of nitrogens with one attached hydrogen (secondary N) is 1. The summed E-state index contributed by atoms with van der Waals surface area (Å²) < 4.78 is 5.33. The molecule has 5 nitrogen and oxygen atoms in total. The number of H-pyrrole nitrogens is 1. The van der Waals surface area contributed by atoms with Gasteiger partial charge in [0.05, 0.1) is 6.26 Å². The molecule has 2 fully saturated rings. The Morgan fingerprint density at radius 3 is 2.95 bits per heavy atom. The van der Waals surface area contributed by atoms with E-state index in [0.717, 1.165) is 31.1 Å². The number of rotatable bonds is 2. The number of piperidine rings is 1. The highest BCUT2D eigenvalue weighted by Crippen LogP contribution is 2.36. The van der Waals surface area contributed by atoms with E-state index in [2.05, 4.69) is 10.2 Å². The molecule has 3 heterocycles. The highest BCUT2D eigenvalue weighted by molar-refractivity contribution is 5.93. The highest BCUT2D eigenvalue weighted by atomic mass is 16.3. The molecule has 1 aliphatic carbocycles. The van der Waals surface area contributed by atoms with Crippen molar-refractivity contribution < 1.29 is 9.21 Å². The first-order chi connectivity index (χ1) is 10.8. The van der Waals surface area contributed by atoms with E-state index in [1.165, 1.54) is 25.7 Å². The standard InChI is InChI=1S/C17H21N3O2/c21-17(15-10-14(18-19-15)16-6-3-9-22-16)20-8-7-12-4-1-2-5-13(12)11-20/h3,6,9-10,12-13H,1-2,4-5,7-8,11H2,(H,18,19). The Morgan fingerprint density at radius 1 is 1.27 bits per heavy atom. The van der Waals surface area contributed by atoms with Crippen LogP contribution in [0.15, 0.2) is 28.9 Å². The number of nitrogens with zero attached hydrogens (tertiary/aromatic N) is 2. The molecule has 116 valence electrons. The predicted octanol–water partition coefficient (Wildman–Crippen LogP) is 3.32. The summed E-state index contributed by atoms with van der Waals surface area (Å²) in [5.41, 5.74) is 1.24.